The smallest absolute Gasteiger partial charge is 0.270 e. The summed E-state index contributed by atoms with van der Waals surface area (Å²) in [5, 5.41) is 0. The Kier molecular flexibility index (Phi) is 4.04. The Hall–Kier alpha value is -1.33. The summed E-state index contributed by atoms with van der Waals surface area (Å²) in [4.78, 5) is 14.5. The number of carbonyl (C=O) groups excluding carboxylic acids is 1. The minimum atomic E-state index is 0.143. The van der Waals surface area contributed by atoms with Gasteiger partial charge in [-0.1, -0.05) is 0 Å². The number of nitrogens with zero attached hydrogens (tertiary/aromatic N) is 2. The first-order valence-corrected chi connectivity index (χ1v) is 7.65. The molecule has 2 aliphatic heterocycles. The summed E-state index contributed by atoms with van der Waals surface area (Å²) in [6.45, 7) is 3.14. The lowest BCUT2D eigenvalue weighted by atomic mass is 9.76. The molecule has 0 aliphatic carbocycles. The van der Waals surface area contributed by atoms with E-state index in [2.05, 4.69) is 0 Å². The fourth-order valence-corrected chi connectivity index (χ4v) is 3.57. The van der Waals surface area contributed by atoms with Crippen molar-refractivity contribution in [2.75, 3.05) is 33.4 Å². The number of likely N-dealkylation sites (tertiary alicyclic amines) is 1. The maximum absolute atomic E-state index is 12.5. The molecule has 1 aromatic rings. The van der Waals surface area contributed by atoms with Crippen LogP contribution < -0.4 is 0 Å². The van der Waals surface area contributed by atoms with E-state index in [1.165, 1.54) is 0 Å². The van der Waals surface area contributed by atoms with Crippen molar-refractivity contribution in [2.45, 2.75) is 25.4 Å². The van der Waals surface area contributed by atoms with Crippen LogP contribution in [-0.2, 0) is 16.5 Å². The van der Waals surface area contributed by atoms with Crippen LogP contribution in [-0.4, -0.2) is 54.9 Å². The minimum absolute atomic E-state index is 0.143. The van der Waals surface area contributed by atoms with Crippen LogP contribution in [0.5, 0.6) is 0 Å². The van der Waals surface area contributed by atoms with Crippen molar-refractivity contribution in [3.63, 3.8) is 0 Å². The van der Waals surface area contributed by atoms with E-state index in [0.29, 0.717) is 6.61 Å². The molecule has 3 rings (SSSR count). The largest absolute Gasteiger partial charge is 0.382 e. The van der Waals surface area contributed by atoms with Crippen LogP contribution in [0.25, 0.3) is 0 Å². The lowest BCUT2D eigenvalue weighted by molar-refractivity contribution is 0.0280. The Morgan fingerprint density at radius 1 is 1.48 bits per heavy atom. The molecule has 5 nitrogen and oxygen atoms in total. The molecule has 2 fully saturated rings. The fraction of sp³-hybridized carbons (Fsp3) is 0.688. The van der Waals surface area contributed by atoms with Gasteiger partial charge in [-0.15, -0.1) is 0 Å². The van der Waals surface area contributed by atoms with Crippen LogP contribution in [0.2, 0.25) is 0 Å². The van der Waals surface area contributed by atoms with E-state index in [1.807, 2.05) is 34.8 Å². The molecular formula is C16H24N2O3. The Bertz CT molecular complexity index is 503. The molecule has 3 heterocycles. The number of aryl methyl sites for hydroxylation is 1. The number of carbonyl (C=O) groups is 1. The van der Waals surface area contributed by atoms with E-state index in [0.717, 1.165) is 44.7 Å². The van der Waals surface area contributed by atoms with Gasteiger partial charge in [0.25, 0.3) is 5.91 Å². The SMILES string of the molecule is COC[C@H]1CC2(CCN(C(=O)c3cccn3C)CC2)CO1. The van der Waals surface area contributed by atoms with E-state index in [9.17, 15) is 4.79 Å². The van der Waals surface area contributed by atoms with Gasteiger partial charge in [0.2, 0.25) is 0 Å². The number of aromatic nitrogens is 1. The van der Waals surface area contributed by atoms with E-state index >= 15 is 0 Å². The molecule has 2 saturated heterocycles. The molecule has 116 valence electrons. The van der Waals surface area contributed by atoms with Crippen LogP contribution >= 0.6 is 0 Å². The van der Waals surface area contributed by atoms with E-state index in [-0.39, 0.29) is 17.4 Å². The van der Waals surface area contributed by atoms with Crippen molar-refractivity contribution in [1.82, 2.24) is 9.47 Å². The minimum Gasteiger partial charge on any atom is -0.382 e. The molecule has 1 spiro atoms. The quantitative estimate of drug-likeness (QED) is 0.851. The molecular weight excluding hydrogens is 268 g/mol. The van der Waals surface area contributed by atoms with Gasteiger partial charge in [0, 0.05) is 33.4 Å². The molecule has 0 unspecified atom stereocenters. The van der Waals surface area contributed by atoms with Crippen molar-refractivity contribution < 1.29 is 14.3 Å². The second-order valence-electron chi connectivity index (χ2n) is 6.39. The number of hydrogen-bond acceptors (Lipinski definition) is 3. The standard InChI is InChI=1S/C16H24N2O3/c1-17-7-3-4-14(17)15(19)18-8-5-16(6-9-18)10-13(11-20-2)21-12-16/h3-4,7,13H,5-6,8-12H2,1-2H3/t13-/m1/s1. The number of amides is 1. The van der Waals surface area contributed by atoms with Gasteiger partial charge in [-0.3, -0.25) is 4.79 Å². The van der Waals surface area contributed by atoms with E-state index in [1.54, 1.807) is 7.11 Å². The average molecular weight is 292 g/mol. The first-order chi connectivity index (χ1) is 10.1. The monoisotopic (exact) mass is 292 g/mol. The molecule has 1 amide bonds. The molecule has 0 N–H and O–H groups in total. The zero-order valence-corrected chi connectivity index (χ0v) is 12.9. The molecule has 0 saturated carbocycles. The Balaban J connectivity index is 1.58. The van der Waals surface area contributed by atoms with Crippen LogP contribution in [0.4, 0.5) is 0 Å². The number of rotatable bonds is 3. The molecule has 0 radical (unpaired) electrons. The van der Waals surface area contributed by atoms with Gasteiger partial charge in [-0.05, 0) is 36.8 Å². The van der Waals surface area contributed by atoms with Crippen molar-refractivity contribution in [1.29, 1.82) is 0 Å². The van der Waals surface area contributed by atoms with Gasteiger partial charge in [-0.25, -0.2) is 0 Å². The zero-order valence-electron chi connectivity index (χ0n) is 12.9. The van der Waals surface area contributed by atoms with Crippen LogP contribution in [0, 0.1) is 5.41 Å². The highest BCUT2D eigenvalue weighted by molar-refractivity contribution is 5.92. The second kappa shape index (κ2) is 5.81. The van der Waals surface area contributed by atoms with Gasteiger partial charge in [0.05, 0.1) is 19.3 Å². The summed E-state index contributed by atoms with van der Waals surface area (Å²) >= 11 is 0. The molecule has 0 bridgehead atoms. The topological polar surface area (TPSA) is 43.7 Å². The zero-order chi connectivity index (χ0) is 14.9. The third kappa shape index (κ3) is 2.85. The Labute approximate surface area is 125 Å². The van der Waals surface area contributed by atoms with Crippen molar-refractivity contribution in [2.24, 2.45) is 12.5 Å². The van der Waals surface area contributed by atoms with E-state index < -0.39 is 0 Å². The first kappa shape index (κ1) is 14.6. The first-order valence-electron chi connectivity index (χ1n) is 7.65. The third-order valence-corrected chi connectivity index (χ3v) is 4.91. The summed E-state index contributed by atoms with van der Waals surface area (Å²) in [7, 11) is 3.63. The maximum atomic E-state index is 12.5. The van der Waals surface area contributed by atoms with Crippen LogP contribution in [0.3, 0.4) is 0 Å². The van der Waals surface area contributed by atoms with Gasteiger partial charge >= 0.3 is 0 Å². The predicted octanol–water partition coefficient (Wildman–Crippen LogP) is 1.68. The molecule has 0 aromatic carbocycles. The fourth-order valence-electron chi connectivity index (χ4n) is 3.57. The number of ether oxygens (including phenoxy) is 2. The molecule has 5 heteroatoms. The summed E-state index contributed by atoms with van der Waals surface area (Å²) in [5.74, 6) is 0.143. The van der Waals surface area contributed by atoms with Crippen molar-refractivity contribution >= 4 is 5.91 Å². The van der Waals surface area contributed by atoms with Gasteiger partial charge in [0.15, 0.2) is 0 Å². The van der Waals surface area contributed by atoms with E-state index in [4.69, 9.17) is 9.47 Å². The molecule has 1 aromatic heterocycles. The highest BCUT2D eigenvalue weighted by Crippen LogP contribution is 2.42. The third-order valence-electron chi connectivity index (χ3n) is 4.91. The lowest BCUT2D eigenvalue weighted by Crippen LogP contribution is -2.44. The Morgan fingerprint density at radius 2 is 2.24 bits per heavy atom. The molecule has 2 aliphatic rings. The predicted molar refractivity (Wildman–Crippen MR) is 79.2 cm³/mol. The second-order valence-corrected chi connectivity index (χ2v) is 6.39. The summed E-state index contributed by atoms with van der Waals surface area (Å²) in [6, 6.07) is 3.80. The number of hydrogen-bond donors (Lipinski definition) is 0. The van der Waals surface area contributed by atoms with Crippen molar-refractivity contribution in [3.05, 3.63) is 24.0 Å². The summed E-state index contributed by atoms with van der Waals surface area (Å²) in [5.41, 5.74) is 1.03. The lowest BCUT2D eigenvalue weighted by Gasteiger charge is -2.38. The number of piperidine rings is 1. The maximum Gasteiger partial charge on any atom is 0.270 e. The highest BCUT2D eigenvalue weighted by atomic mass is 16.5. The summed E-state index contributed by atoms with van der Waals surface area (Å²) < 4.78 is 12.9. The number of methoxy groups -OCH3 is 1. The van der Waals surface area contributed by atoms with Gasteiger partial charge in [0.1, 0.15) is 5.69 Å². The highest BCUT2D eigenvalue weighted by Gasteiger charge is 2.43. The summed E-state index contributed by atoms with van der Waals surface area (Å²) in [6.07, 6.45) is 5.27. The van der Waals surface area contributed by atoms with Gasteiger partial charge in [-0.2, -0.15) is 0 Å². The normalized spacial score (nSPS) is 24.7. The van der Waals surface area contributed by atoms with Crippen molar-refractivity contribution in [3.8, 4) is 0 Å². The Morgan fingerprint density at radius 3 is 2.86 bits per heavy atom. The van der Waals surface area contributed by atoms with Crippen LogP contribution in [0.1, 0.15) is 29.8 Å². The average Bonchev–Trinajstić information content (AvgIpc) is 3.07. The van der Waals surface area contributed by atoms with Gasteiger partial charge < -0.3 is 18.9 Å². The van der Waals surface area contributed by atoms with Crippen LogP contribution in [0.15, 0.2) is 18.3 Å². The molecule has 21 heavy (non-hydrogen) atoms. The molecule has 1 atom stereocenters.